The fourth-order valence-corrected chi connectivity index (χ4v) is 2.41. The first-order chi connectivity index (χ1) is 8.90. The van der Waals surface area contributed by atoms with Gasteiger partial charge in [0.1, 0.15) is 10.0 Å². The molecule has 1 nitrogen and oxygen atoms in total. The van der Waals surface area contributed by atoms with Crippen LogP contribution in [0.2, 0.25) is 25.1 Å². The number of phenols is 1. The van der Waals surface area contributed by atoms with Gasteiger partial charge in [-0.1, -0.05) is 71.3 Å². The van der Waals surface area contributed by atoms with Gasteiger partial charge in [0.25, 0.3) is 0 Å². The van der Waals surface area contributed by atoms with Crippen LogP contribution in [0, 0.1) is 6.08 Å². The van der Waals surface area contributed by atoms with Crippen LogP contribution >= 0.6 is 58.0 Å². The molecule has 0 bridgehead atoms. The molecular weight excluding hydrogens is 356 g/mol. The van der Waals surface area contributed by atoms with E-state index in [-0.39, 0.29) is 49.7 Å². The van der Waals surface area contributed by atoms with Crippen LogP contribution < -0.4 is 18.9 Å². The van der Waals surface area contributed by atoms with E-state index in [0.717, 1.165) is 12.8 Å². The fraction of sp³-hybridized carbons (Fsp3) is 0.231. The maximum atomic E-state index is 9.20. The van der Waals surface area contributed by atoms with E-state index in [1.807, 2.05) is 0 Å². The van der Waals surface area contributed by atoms with Crippen LogP contribution in [0.1, 0.15) is 19.8 Å². The molecule has 0 spiro atoms. The molecule has 0 unspecified atom stereocenters. The quantitative estimate of drug-likeness (QED) is 0.347. The van der Waals surface area contributed by atoms with E-state index >= 15 is 0 Å². The first kappa shape index (κ1) is 20.5. The third-order valence-corrected chi connectivity index (χ3v) is 4.59. The molecule has 0 aromatic heterocycles. The Morgan fingerprint density at radius 2 is 1.45 bits per heavy atom. The van der Waals surface area contributed by atoms with Crippen LogP contribution in [0.25, 0.3) is 0 Å². The van der Waals surface area contributed by atoms with Gasteiger partial charge in [-0.05, 0) is 0 Å². The third kappa shape index (κ3) is 5.07. The van der Waals surface area contributed by atoms with E-state index in [4.69, 9.17) is 58.0 Å². The molecule has 1 aromatic carbocycles. The number of hydrogen-bond donors (Lipinski definition) is 1. The van der Waals surface area contributed by atoms with Crippen LogP contribution in [0.4, 0.5) is 0 Å². The number of hydrogen-bond acceptors (Lipinski definition) is 1. The molecule has 1 aliphatic rings. The molecule has 1 aliphatic carbocycles. The maximum absolute atomic E-state index is 9.20. The predicted molar refractivity (Wildman–Crippen MR) is 84.0 cm³/mol. The molecule has 0 amide bonds. The number of aromatic hydroxyl groups is 1. The Morgan fingerprint density at radius 3 is 1.75 bits per heavy atom. The summed E-state index contributed by atoms with van der Waals surface area (Å²) in [7, 11) is 0. The molecule has 20 heavy (non-hydrogen) atoms. The van der Waals surface area contributed by atoms with E-state index in [0.29, 0.717) is 0 Å². The Balaban J connectivity index is 0.000000387. The number of phenolic OH excluding ortho intramolecular Hbond substituents is 1. The van der Waals surface area contributed by atoms with Crippen LogP contribution in [-0.2, 0) is 0 Å². The zero-order valence-electron chi connectivity index (χ0n) is 10.9. The number of benzene rings is 1. The summed E-state index contributed by atoms with van der Waals surface area (Å²) in [6.45, 7) is 2.15. The molecule has 0 aliphatic heterocycles. The second-order valence-corrected chi connectivity index (χ2v) is 5.47. The molecule has 1 N–H and O–H groups in total. The molecule has 104 valence electrons. The van der Waals surface area contributed by atoms with Crippen molar-refractivity contribution in [2.24, 2.45) is 0 Å². The molecule has 7 heteroatoms. The van der Waals surface area contributed by atoms with Crippen LogP contribution in [0.3, 0.4) is 0 Å². The van der Waals surface area contributed by atoms with Crippen molar-refractivity contribution in [3.8, 4) is 5.75 Å². The number of allylic oxidation sites excluding steroid dienone is 4. The van der Waals surface area contributed by atoms with Crippen LogP contribution in [0.15, 0.2) is 17.7 Å². The van der Waals surface area contributed by atoms with Gasteiger partial charge in [0, 0.05) is 0 Å². The van der Waals surface area contributed by atoms with Gasteiger partial charge in [-0.3, -0.25) is 6.08 Å². The molecule has 2 rings (SSSR count). The zero-order valence-corrected chi connectivity index (χ0v) is 14.7. The second kappa shape index (κ2) is 9.54. The zero-order chi connectivity index (χ0) is 14.6. The standard InChI is InChI=1S/C7H9.C6HCl5O.Li/c1-2-7-5-3-4-6-7;7-1-2(8)4(10)6(12)5(11)3(1)9;/h3,5H,2,4H2,1H3;12H;/q-1;;+1. The Labute approximate surface area is 155 Å². The summed E-state index contributed by atoms with van der Waals surface area (Å²) < 4.78 is 0. The van der Waals surface area contributed by atoms with Gasteiger partial charge in [0.2, 0.25) is 0 Å². The summed E-state index contributed by atoms with van der Waals surface area (Å²) in [4.78, 5) is 0. The average Bonchev–Trinajstić information content (AvgIpc) is 2.95. The van der Waals surface area contributed by atoms with E-state index in [2.05, 4.69) is 25.2 Å². The normalized spacial score (nSPS) is 12.4. The Bertz CT molecular complexity index is 435. The van der Waals surface area contributed by atoms with E-state index in [1.54, 1.807) is 0 Å². The fourth-order valence-electron chi connectivity index (χ4n) is 1.29. The molecule has 1 aromatic rings. The smallest absolute Gasteiger partial charge is 0.505 e. The minimum absolute atomic E-state index is 0. The number of halogens is 5. The van der Waals surface area contributed by atoms with Gasteiger partial charge in [0.05, 0.1) is 15.1 Å². The average molecular weight is 366 g/mol. The number of rotatable bonds is 1. The second-order valence-electron chi connectivity index (χ2n) is 3.58. The Kier molecular flexibility index (Phi) is 9.80. The van der Waals surface area contributed by atoms with Crippen molar-refractivity contribution >= 4 is 58.0 Å². The molecule has 0 atom stereocenters. The maximum Gasteiger partial charge on any atom is 1.00 e. The third-order valence-electron chi connectivity index (χ3n) is 2.33. The summed E-state index contributed by atoms with van der Waals surface area (Å²) in [6.07, 6.45) is 9.65. The molecule has 0 radical (unpaired) electrons. The summed E-state index contributed by atoms with van der Waals surface area (Å²) in [5.41, 5.74) is 1.36. The van der Waals surface area contributed by atoms with Crippen LogP contribution in [0.5, 0.6) is 5.75 Å². The van der Waals surface area contributed by atoms with Crippen molar-refractivity contribution in [3.05, 3.63) is 48.9 Å². The molecule has 0 fully saturated rings. The summed E-state index contributed by atoms with van der Waals surface area (Å²) in [6, 6.07) is 0. The van der Waals surface area contributed by atoms with E-state index in [1.165, 1.54) is 5.57 Å². The predicted octanol–water partition coefficient (Wildman–Crippen LogP) is 3.75. The Morgan fingerprint density at radius 1 is 1.00 bits per heavy atom. The summed E-state index contributed by atoms with van der Waals surface area (Å²) >= 11 is 27.9. The molecule has 0 heterocycles. The topological polar surface area (TPSA) is 20.2 Å². The largest absolute Gasteiger partial charge is 1.00 e. The molecular formula is C13H10Cl5LiO. The molecule has 0 saturated heterocycles. The van der Waals surface area contributed by atoms with Crippen molar-refractivity contribution in [3.63, 3.8) is 0 Å². The van der Waals surface area contributed by atoms with Gasteiger partial charge in [0.15, 0.2) is 5.75 Å². The first-order valence-electron chi connectivity index (χ1n) is 5.36. The van der Waals surface area contributed by atoms with E-state index < -0.39 is 0 Å². The van der Waals surface area contributed by atoms with Crippen molar-refractivity contribution in [2.45, 2.75) is 19.8 Å². The molecule has 0 saturated carbocycles. The summed E-state index contributed by atoms with van der Waals surface area (Å²) in [5.74, 6) is -0.363. The minimum atomic E-state index is -0.363. The van der Waals surface area contributed by atoms with Gasteiger partial charge >= 0.3 is 18.9 Å². The minimum Gasteiger partial charge on any atom is -0.505 e. The van der Waals surface area contributed by atoms with Crippen molar-refractivity contribution in [1.29, 1.82) is 0 Å². The van der Waals surface area contributed by atoms with Gasteiger partial charge < -0.3 is 5.11 Å². The first-order valence-corrected chi connectivity index (χ1v) is 7.25. The van der Waals surface area contributed by atoms with Crippen LogP contribution in [-0.4, -0.2) is 5.11 Å². The monoisotopic (exact) mass is 364 g/mol. The van der Waals surface area contributed by atoms with Crippen molar-refractivity contribution in [2.75, 3.05) is 0 Å². The van der Waals surface area contributed by atoms with Gasteiger partial charge in [-0.25, -0.2) is 11.6 Å². The summed E-state index contributed by atoms with van der Waals surface area (Å²) in [5, 5.41) is 9.01. The SMILES string of the molecule is CCC1=[C-]CC=C1.Oc1c(Cl)c(Cl)c(Cl)c(Cl)c1Cl.[Li+]. The van der Waals surface area contributed by atoms with Crippen molar-refractivity contribution in [1.82, 2.24) is 0 Å². The van der Waals surface area contributed by atoms with Gasteiger partial charge in [-0.2, -0.15) is 6.08 Å². The van der Waals surface area contributed by atoms with Crippen molar-refractivity contribution < 1.29 is 24.0 Å². The van der Waals surface area contributed by atoms with Gasteiger partial charge in [-0.15, -0.1) is 6.42 Å². The van der Waals surface area contributed by atoms with E-state index in [9.17, 15) is 5.11 Å². The Hall–Kier alpha value is 0.547.